The van der Waals surface area contributed by atoms with Gasteiger partial charge in [0.25, 0.3) is 0 Å². The number of amides is 1. The Kier molecular flexibility index (Phi) is 6.31. The van der Waals surface area contributed by atoms with E-state index in [0.717, 1.165) is 23.2 Å². The minimum Gasteiger partial charge on any atom is -0.355 e. The Bertz CT molecular complexity index is 1140. The molecule has 1 aliphatic heterocycles. The molecule has 0 saturated carbocycles. The highest BCUT2D eigenvalue weighted by Crippen LogP contribution is 2.20. The van der Waals surface area contributed by atoms with Crippen LogP contribution in [-0.2, 0) is 24.4 Å². The average Bonchev–Trinajstić information content (AvgIpc) is 3.36. The number of nitriles is 1. The maximum atomic E-state index is 14.0. The minimum absolute atomic E-state index is 0.0160. The lowest BCUT2D eigenvalue weighted by Crippen LogP contribution is -2.40. The van der Waals surface area contributed by atoms with Crippen LogP contribution < -0.4 is 5.32 Å². The number of carbonyl (C=O) groups excluding carboxylic acids is 1. The normalized spacial score (nSPS) is 15.8. The molecule has 1 N–H and O–H groups in total. The number of halogens is 2. The van der Waals surface area contributed by atoms with Crippen LogP contribution in [0.2, 0.25) is 5.02 Å². The highest BCUT2D eigenvalue weighted by atomic mass is 35.5. The second-order valence-electron chi connectivity index (χ2n) is 7.57. The summed E-state index contributed by atoms with van der Waals surface area (Å²) in [7, 11) is 0. The first-order valence-corrected chi connectivity index (χ1v) is 10.3. The van der Waals surface area contributed by atoms with Crippen LogP contribution in [0.1, 0.15) is 28.8 Å². The van der Waals surface area contributed by atoms with Crippen molar-refractivity contribution in [2.45, 2.75) is 32.1 Å². The maximum absolute atomic E-state index is 14.0. The van der Waals surface area contributed by atoms with Gasteiger partial charge >= 0.3 is 0 Å². The fourth-order valence-corrected chi connectivity index (χ4v) is 4.06. The molecule has 1 atom stereocenters. The van der Waals surface area contributed by atoms with Gasteiger partial charge < -0.3 is 9.88 Å². The van der Waals surface area contributed by atoms with Crippen molar-refractivity contribution in [2.75, 3.05) is 6.54 Å². The van der Waals surface area contributed by atoms with E-state index in [1.165, 1.54) is 12.1 Å². The lowest BCUT2D eigenvalue weighted by molar-refractivity contribution is -0.124. The lowest BCUT2D eigenvalue weighted by Gasteiger charge is -2.27. The third-order valence-electron chi connectivity index (χ3n) is 5.41. The topological polar surface area (TPSA) is 74.0 Å². The predicted octanol–water partition coefficient (Wildman–Crippen LogP) is 3.49. The minimum atomic E-state index is -0.535. The maximum Gasteiger partial charge on any atom is 0.237 e. The Labute approximate surface area is 184 Å². The fourth-order valence-electron chi connectivity index (χ4n) is 3.85. The van der Waals surface area contributed by atoms with Crippen molar-refractivity contribution in [3.63, 3.8) is 0 Å². The zero-order chi connectivity index (χ0) is 21.8. The number of imidazole rings is 1. The van der Waals surface area contributed by atoms with Gasteiger partial charge in [-0.1, -0.05) is 29.8 Å². The molecule has 31 heavy (non-hydrogen) atoms. The molecule has 1 aliphatic rings. The van der Waals surface area contributed by atoms with E-state index < -0.39 is 5.82 Å². The lowest BCUT2D eigenvalue weighted by atomic mass is 10.1. The molecule has 0 radical (unpaired) electrons. The predicted molar refractivity (Wildman–Crippen MR) is 115 cm³/mol. The Hall–Kier alpha value is -3.21. The Morgan fingerprint density at radius 3 is 2.84 bits per heavy atom. The smallest absolute Gasteiger partial charge is 0.237 e. The molecule has 158 valence electrons. The van der Waals surface area contributed by atoms with Gasteiger partial charge in [-0.2, -0.15) is 5.26 Å². The molecular formula is C23H21ClFN5O. The molecule has 4 rings (SSSR count). The van der Waals surface area contributed by atoms with Gasteiger partial charge in [-0.25, -0.2) is 9.37 Å². The molecule has 6 nitrogen and oxygen atoms in total. The molecule has 8 heteroatoms. The van der Waals surface area contributed by atoms with Crippen molar-refractivity contribution in [3.05, 3.63) is 88.2 Å². The summed E-state index contributed by atoms with van der Waals surface area (Å²) in [6, 6.07) is 13.8. The summed E-state index contributed by atoms with van der Waals surface area (Å²) in [6.07, 6.45) is 4.18. The molecule has 1 saturated heterocycles. The number of nitrogens with zero attached hydrogens (tertiary/aromatic N) is 4. The van der Waals surface area contributed by atoms with Crippen molar-refractivity contribution in [1.82, 2.24) is 19.8 Å². The zero-order valence-corrected chi connectivity index (χ0v) is 17.5. The number of rotatable bonds is 7. The monoisotopic (exact) mass is 437 g/mol. The van der Waals surface area contributed by atoms with Crippen molar-refractivity contribution in [2.24, 2.45) is 0 Å². The van der Waals surface area contributed by atoms with Gasteiger partial charge in [-0.05, 0) is 41.8 Å². The summed E-state index contributed by atoms with van der Waals surface area (Å²) in [4.78, 5) is 18.8. The first-order valence-electron chi connectivity index (χ1n) is 9.97. The van der Waals surface area contributed by atoms with E-state index in [2.05, 4.69) is 15.2 Å². The highest BCUT2D eigenvalue weighted by Gasteiger charge is 2.31. The van der Waals surface area contributed by atoms with E-state index >= 15 is 0 Å². The van der Waals surface area contributed by atoms with Crippen molar-refractivity contribution in [1.29, 1.82) is 5.26 Å². The third kappa shape index (κ3) is 4.93. The Morgan fingerprint density at radius 2 is 2.13 bits per heavy atom. The van der Waals surface area contributed by atoms with E-state index in [-0.39, 0.29) is 17.5 Å². The van der Waals surface area contributed by atoms with Gasteiger partial charge in [-0.3, -0.25) is 9.69 Å². The van der Waals surface area contributed by atoms with Gasteiger partial charge in [-0.15, -0.1) is 0 Å². The summed E-state index contributed by atoms with van der Waals surface area (Å²) in [5.41, 5.74) is 2.68. The van der Waals surface area contributed by atoms with Crippen LogP contribution in [0, 0.1) is 17.1 Å². The SMILES string of the molecule is N#Cc1ccc(Cn2cncc2CN(Cc2cccc(Cl)c2)[C@H]2CCNC2=O)cc1F. The largest absolute Gasteiger partial charge is 0.355 e. The molecule has 2 aromatic carbocycles. The molecule has 2 heterocycles. The second-order valence-corrected chi connectivity index (χ2v) is 8.01. The van der Waals surface area contributed by atoms with Gasteiger partial charge in [0, 0.05) is 37.4 Å². The van der Waals surface area contributed by atoms with E-state index in [0.29, 0.717) is 31.2 Å². The number of carbonyl (C=O) groups is 1. The van der Waals surface area contributed by atoms with Crippen molar-refractivity contribution in [3.8, 4) is 6.07 Å². The number of hydrogen-bond acceptors (Lipinski definition) is 4. The third-order valence-corrected chi connectivity index (χ3v) is 5.64. The molecule has 0 unspecified atom stereocenters. The summed E-state index contributed by atoms with van der Waals surface area (Å²) < 4.78 is 15.9. The molecule has 3 aromatic rings. The molecule has 0 bridgehead atoms. The van der Waals surface area contributed by atoms with Crippen LogP contribution in [0.4, 0.5) is 4.39 Å². The molecule has 1 aromatic heterocycles. The molecular weight excluding hydrogens is 417 g/mol. The molecule has 0 spiro atoms. The average molecular weight is 438 g/mol. The van der Waals surface area contributed by atoms with Crippen LogP contribution in [0.15, 0.2) is 55.0 Å². The van der Waals surface area contributed by atoms with Gasteiger partial charge in [0.15, 0.2) is 0 Å². The van der Waals surface area contributed by atoms with E-state index in [4.69, 9.17) is 16.9 Å². The standard InChI is InChI=1S/C23H21ClFN5O/c24-19-3-1-2-16(8-19)12-29(22-6-7-28-23(22)31)14-20-11-27-15-30(20)13-17-4-5-18(10-26)21(25)9-17/h1-5,8-9,11,15,22H,6-7,12-14H2,(H,28,31)/t22-/m0/s1. The van der Waals surface area contributed by atoms with Crippen LogP contribution in [0.3, 0.4) is 0 Å². The zero-order valence-electron chi connectivity index (χ0n) is 16.8. The highest BCUT2D eigenvalue weighted by molar-refractivity contribution is 6.30. The summed E-state index contributed by atoms with van der Waals surface area (Å²) >= 11 is 6.15. The number of nitrogens with one attached hydrogen (secondary N) is 1. The van der Waals surface area contributed by atoms with Crippen LogP contribution in [0.5, 0.6) is 0 Å². The van der Waals surface area contributed by atoms with Crippen LogP contribution in [-0.4, -0.2) is 32.9 Å². The van der Waals surface area contributed by atoms with E-state index in [1.807, 2.05) is 34.9 Å². The summed E-state index contributed by atoms with van der Waals surface area (Å²) in [5.74, 6) is -0.519. The molecule has 1 fully saturated rings. The number of benzene rings is 2. The Morgan fingerprint density at radius 1 is 1.26 bits per heavy atom. The molecule has 1 amide bonds. The van der Waals surface area contributed by atoms with Crippen LogP contribution in [0.25, 0.3) is 0 Å². The quantitative estimate of drug-likeness (QED) is 0.614. The van der Waals surface area contributed by atoms with Crippen LogP contribution >= 0.6 is 11.6 Å². The van der Waals surface area contributed by atoms with E-state index in [1.54, 1.807) is 18.6 Å². The molecule has 0 aliphatic carbocycles. The van der Waals surface area contributed by atoms with Crippen molar-refractivity contribution >= 4 is 17.5 Å². The summed E-state index contributed by atoms with van der Waals surface area (Å²) in [6.45, 7) is 2.14. The van der Waals surface area contributed by atoms with E-state index in [9.17, 15) is 9.18 Å². The van der Waals surface area contributed by atoms with Gasteiger partial charge in [0.05, 0.1) is 23.6 Å². The fraction of sp³-hybridized carbons (Fsp3) is 0.261. The first-order chi connectivity index (χ1) is 15.0. The Balaban J connectivity index is 1.56. The summed E-state index contributed by atoms with van der Waals surface area (Å²) in [5, 5.41) is 12.5. The van der Waals surface area contributed by atoms with Gasteiger partial charge in [0.2, 0.25) is 5.91 Å². The number of aromatic nitrogens is 2. The van der Waals surface area contributed by atoms with Gasteiger partial charge in [0.1, 0.15) is 11.9 Å². The second kappa shape index (κ2) is 9.29. The van der Waals surface area contributed by atoms with Crippen molar-refractivity contribution < 1.29 is 9.18 Å². The number of hydrogen-bond donors (Lipinski definition) is 1. The first kappa shape index (κ1) is 21.0.